The second kappa shape index (κ2) is 15.5. The number of aryl methyl sites for hydroxylation is 2. The number of urea groups is 1. The standard InChI is InChI=1S/C23H21N5O3.C15H16N4.C7H7NO2/c1-14-10-15(6-8-24-14)18-3-4-19-22(26-18)28(17-7-9-27(19)12-17)23(29)25-16-2-5-20-21(11-16)31-13-30-20;1-10-8-11(4-6-16-10)13-2-3-14-15(18-13)17-12-5-7-19(14)9-12;8-5-1-2-6-7(3-5)10-4-9-6/h2-6,8,10-11,17H,7,9,12-13H2,1H3,(H,25,29);2-4,6,8,12H,5,7,9H2,1H3,(H,17,18);1-3H,4,8H2/t17-;12-;/m00./s1. The van der Waals surface area contributed by atoms with Crippen LogP contribution < -0.4 is 50.0 Å². The third kappa shape index (κ3) is 7.33. The molecule has 4 N–H and O–H groups in total. The Morgan fingerprint density at radius 2 is 1.33 bits per heavy atom. The number of ether oxygens (including phenoxy) is 4. The van der Waals surface area contributed by atoms with E-state index in [0.29, 0.717) is 41.5 Å². The predicted octanol–water partition coefficient (Wildman–Crippen LogP) is 7.27. The van der Waals surface area contributed by atoms with Gasteiger partial charge in [0.25, 0.3) is 0 Å². The van der Waals surface area contributed by atoms with E-state index >= 15 is 0 Å². The molecule has 2 fully saturated rings. The van der Waals surface area contributed by atoms with E-state index in [2.05, 4.69) is 54.7 Å². The van der Waals surface area contributed by atoms with Crippen LogP contribution in [-0.4, -0.2) is 77.8 Å². The van der Waals surface area contributed by atoms with Crippen LogP contribution in [0.15, 0.2) is 97.3 Å². The van der Waals surface area contributed by atoms with Gasteiger partial charge in [-0.3, -0.25) is 14.9 Å². The van der Waals surface area contributed by atoms with Crippen molar-refractivity contribution >= 4 is 40.4 Å². The van der Waals surface area contributed by atoms with Crippen LogP contribution in [0.25, 0.3) is 22.5 Å². The molecule has 0 spiro atoms. The van der Waals surface area contributed by atoms with E-state index in [-0.39, 0.29) is 18.9 Å². The van der Waals surface area contributed by atoms with Gasteiger partial charge in [-0.15, -0.1) is 0 Å². The molecule has 304 valence electrons. The average molecular weight is 805 g/mol. The molecule has 2 atom stereocenters. The van der Waals surface area contributed by atoms with E-state index in [4.69, 9.17) is 34.6 Å². The number of benzene rings is 2. The third-order valence-electron chi connectivity index (χ3n) is 11.3. The first-order valence-electron chi connectivity index (χ1n) is 20.1. The molecule has 10 heterocycles. The van der Waals surface area contributed by atoms with Gasteiger partial charge in [-0.25, -0.2) is 14.8 Å². The molecule has 0 radical (unpaired) electrons. The quantitative estimate of drug-likeness (QED) is 0.153. The fourth-order valence-corrected chi connectivity index (χ4v) is 8.38. The minimum absolute atomic E-state index is 0.0865. The molecule has 4 bridgehead atoms. The third-order valence-corrected chi connectivity index (χ3v) is 11.3. The fourth-order valence-electron chi connectivity index (χ4n) is 8.38. The van der Waals surface area contributed by atoms with Gasteiger partial charge in [-0.05, 0) is 99.5 Å². The maximum atomic E-state index is 13.4. The van der Waals surface area contributed by atoms with E-state index in [1.807, 2.05) is 56.4 Å². The normalized spacial score (nSPS) is 18.0. The maximum Gasteiger partial charge on any atom is 0.327 e. The van der Waals surface area contributed by atoms with Crippen molar-refractivity contribution in [3.63, 3.8) is 0 Å². The monoisotopic (exact) mass is 804 g/mol. The lowest BCUT2D eigenvalue weighted by atomic mass is 10.1. The molecule has 2 saturated heterocycles. The van der Waals surface area contributed by atoms with Crippen LogP contribution in [0, 0.1) is 13.8 Å². The van der Waals surface area contributed by atoms with Gasteiger partial charge < -0.3 is 45.1 Å². The van der Waals surface area contributed by atoms with Gasteiger partial charge in [-0.2, -0.15) is 0 Å². The van der Waals surface area contributed by atoms with Crippen molar-refractivity contribution in [2.75, 3.05) is 70.8 Å². The number of rotatable bonds is 3. The summed E-state index contributed by atoms with van der Waals surface area (Å²) >= 11 is 0. The number of anilines is 6. The first-order valence-corrected chi connectivity index (χ1v) is 20.1. The van der Waals surface area contributed by atoms with Crippen molar-refractivity contribution in [2.45, 2.75) is 38.8 Å². The molecule has 6 aliphatic rings. The van der Waals surface area contributed by atoms with Crippen LogP contribution >= 0.6 is 0 Å². The van der Waals surface area contributed by atoms with Crippen LogP contribution in [0.1, 0.15) is 24.2 Å². The summed E-state index contributed by atoms with van der Waals surface area (Å²) in [6.45, 7) is 8.45. The number of carbonyl (C=O) groups is 1. The topological polar surface area (TPSA) is 165 Å². The van der Waals surface area contributed by atoms with Crippen molar-refractivity contribution < 1.29 is 23.7 Å². The minimum Gasteiger partial charge on any atom is -0.454 e. The largest absolute Gasteiger partial charge is 0.454 e. The lowest BCUT2D eigenvalue weighted by molar-refractivity contribution is 0.173. The number of amides is 2. The first kappa shape index (κ1) is 37.0. The Morgan fingerprint density at radius 1 is 0.700 bits per heavy atom. The highest BCUT2D eigenvalue weighted by molar-refractivity contribution is 6.05. The number of fused-ring (bicyclic) bond motifs is 10. The molecule has 4 aromatic heterocycles. The zero-order valence-corrected chi connectivity index (χ0v) is 33.3. The zero-order chi connectivity index (χ0) is 40.7. The summed E-state index contributed by atoms with van der Waals surface area (Å²) in [5, 5.41) is 6.56. The molecule has 6 aliphatic heterocycles. The molecule has 12 rings (SSSR count). The summed E-state index contributed by atoms with van der Waals surface area (Å²) in [5.74, 6) is 4.55. The molecule has 2 amide bonds. The van der Waals surface area contributed by atoms with Crippen molar-refractivity contribution in [3.05, 3.63) is 109 Å². The van der Waals surface area contributed by atoms with Crippen LogP contribution in [0.4, 0.5) is 39.2 Å². The van der Waals surface area contributed by atoms with Crippen molar-refractivity contribution in [3.8, 4) is 45.5 Å². The van der Waals surface area contributed by atoms with Crippen LogP contribution in [0.2, 0.25) is 0 Å². The summed E-state index contributed by atoms with van der Waals surface area (Å²) < 4.78 is 20.9. The van der Waals surface area contributed by atoms with E-state index in [1.54, 1.807) is 35.4 Å². The molecule has 15 nitrogen and oxygen atoms in total. The Morgan fingerprint density at radius 3 is 2.07 bits per heavy atom. The van der Waals surface area contributed by atoms with E-state index in [9.17, 15) is 4.79 Å². The molecule has 0 aliphatic carbocycles. The van der Waals surface area contributed by atoms with E-state index < -0.39 is 0 Å². The number of hydrogen-bond acceptors (Lipinski definition) is 13. The second-order valence-corrected chi connectivity index (χ2v) is 15.4. The van der Waals surface area contributed by atoms with Crippen LogP contribution in [-0.2, 0) is 0 Å². The molecule has 15 heteroatoms. The number of nitrogen functional groups attached to an aromatic ring is 1. The lowest BCUT2D eigenvalue weighted by Gasteiger charge is -2.36. The highest BCUT2D eigenvalue weighted by Crippen LogP contribution is 2.41. The van der Waals surface area contributed by atoms with Crippen molar-refractivity contribution in [1.29, 1.82) is 0 Å². The molecule has 2 aromatic carbocycles. The Balaban J connectivity index is 0.000000125. The average Bonchev–Trinajstić information content (AvgIpc) is 4.09. The fraction of sp³-hybridized carbons (Fsp3) is 0.267. The Labute approximate surface area is 347 Å². The van der Waals surface area contributed by atoms with Gasteiger partial charge in [0.15, 0.2) is 34.6 Å². The number of nitrogens with zero attached hydrogens (tertiary/aromatic N) is 7. The van der Waals surface area contributed by atoms with Gasteiger partial charge in [-0.1, -0.05) is 0 Å². The molecular formula is C45H44N10O5. The minimum atomic E-state index is -0.192. The van der Waals surface area contributed by atoms with Crippen molar-refractivity contribution in [1.82, 2.24) is 19.9 Å². The van der Waals surface area contributed by atoms with Gasteiger partial charge in [0.2, 0.25) is 13.6 Å². The lowest BCUT2D eigenvalue weighted by Crippen LogP contribution is -2.48. The zero-order valence-electron chi connectivity index (χ0n) is 33.3. The number of nitrogens with one attached hydrogen (secondary N) is 2. The second-order valence-electron chi connectivity index (χ2n) is 15.4. The highest BCUT2D eigenvalue weighted by Gasteiger charge is 2.40. The molecule has 6 aromatic rings. The predicted molar refractivity (Wildman–Crippen MR) is 230 cm³/mol. The summed E-state index contributed by atoms with van der Waals surface area (Å²) in [4.78, 5) is 38.1. The van der Waals surface area contributed by atoms with Crippen molar-refractivity contribution in [2.24, 2.45) is 0 Å². The van der Waals surface area contributed by atoms with Gasteiger partial charge in [0, 0.05) is 90.6 Å². The van der Waals surface area contributed by atoms with Crippen LogP contribution in [0.5, 0.6) is 23.0 Å². The SMILES string of the molecule is Cc1cc(-c2ccc3c(n2)N(C(=O)Nc2ccc4c(c2)OCO4)[C@H]2CCN3C2)ccn1.Cc1cc(-c2ccc3c(n2)N[C@H]2CCN3C2)ccn1.Nc1ccc2c(c1)OCO2. The molecule has 60 heavy (non-hydrogen) atoms. The summed E-state index contributed by atoms with van der Waals surface area (Å²) in [7, 11) is 0. The molecular weight excluding hydrogens is 761 g/mol. The number of pyridine rings is 4. The smallest absolute Gasteiger partial charge is 0.327 e. The Kier molecular flexibility index (Phi) is 9.54. The number of nitrogens with two attached hydrogens (primary N) is 1. The Bertz CT molecular complexity index is 2610. The number of hydrogen-bond donors (Lipinski definition) is 3. The summed E-state index contributed by atoms with van der Waals surface area (Å²) in [5.41, 5.74) is 15.0. The van der Waals surface area contributed by atoms with Gasteiger partial charge in [0.1, 0.15) is 0 Å². The Hall–Kier alpha value is -7.29. The van der Waals surface area contributed by atoms with Gasteiger partial charge in [0.05, 0.1) is 28.8 Å². The first-order chi connectivity index (χ1) is 29.3. The highest BCUT2D eigenvalue weighted by atomic mass is 16.7. The summed E-state index contributed by atoms with van der Waals surface area (Å²) in [6.07, 6.45) is 5.74. The number of aromatic nitrogens is 4. The summed E-state index contributed by atoms with van der Waals surface area (Å²) in [6, 6.07) is 27.6. The molecule has 0 unspecified atom stereocenters. The molecule has 0 saturated carbocycles. The van der Waals surface area contributed by atoms with E-state index in [0.717, 1.165) is 89.5 Å². The van der Waals surface area contributed by atoms with E-state index in [1.165, 1.54) is 12.1 Å². The van der Waals surface area contributed by atoms with Gasteiger partial charge >= 0.3 is 6.03 Å². The maximum absolute atomic E-state index is 13.4. The number of carbonyl (C=O) groups excluding carboxylic acids is 1. The van der Waals surface area contributed by atoms with Crippen LogP contribution in [0.3, 0.4) is 0 Å².